The summed E-state index contributed by atoms with van der Waals surface area (Å²) in [5.74, 6) is -1.98. The van der Waals surface area contributed by atoms with Crippen molar-refractivity contribution in [2.24, 2.45) is 0 Å². The lowest BCUT2D eigenvalue weighted by Gasteiger charge is -2.24. The highest BCUT2D eigenvalue weighted by Crippen LogP contribution is 2.34. The smallest absolute Gasteiger partial charge is 0.416 e. The topological polar surface area (TPSA) is 128 Å². The molecule has 0 radical (unpaired) electrons. The average molecular weight is 584 g/mol. The molecular formula is C31H32F3N3O5. The molecule has 0 bridgehead atoms. The number of alkyl halides is 3. The van der Waals surface area contributed by atoms with Gasteiger partial charge in [-0.1, -0.05) is 61.7 Å². The first-order chi connectivity index (χ1) is 19.8. The molecule has 4 rings (SSSR count). The summed E-state index contributed by atoms with van der Waals surface area (Å²) in [6, 6.07) is 16.6. The Bertz CT molecular complexity index is 1420. The summed E-state index contributed by atoms with van der Waals surface area (Å²) in [7, 11) is 0. The van der Waals surface area contributed by atoms with E-state index in [9.17, 15) is 32.7 Å². The van der Waals surface area contributed by atoms with Crippen molar-refractivity contribution >= 4 is 23.6 Å². The summed E-state index contributed by atoms with van der Waals surface area (Å²) in [4.78, 5) is 36.6. The van der Waals surface area contributed by atoms with Gasteiger partial charge in [0.2, 0.25) is 5.72 Å². The SMILES string of the molecule is CC(O)(NC(=O)c1ccc(C(NC(=O)Nc2cccc(C(F)(F)F)c2)c2ccc(C3CCCCC3)cc2)cc1)C(=O)O. The largest absolute Gasteiger partial charge is 0.478 e. The normalized spacial score (nSPS) is 16.1. The second-order valence-corrected chi connectivity index (χ2v) is 10.6. The third kappa shape index (κ3) is 7.67. The molecule has 5 N–H and O–H groups in total. The number of amides is 3. The zero-order chi connectivity index (χ0) is 30.5. The molecule has 1 aliphatic rings. The molecule has 0 aliphatic heterocycles. The van der Waals surface area contributed by atoms with Gasteiger partial charge in [0.1, 0.15) is 0 Å². The van der Waals surface area contributed by atoms with Gasteiger partial charge < -0.3 is 26.2 Å². The first-order valence-corrected chi connectivity index (χ1v) is 13.6. The van der Waals surface area contributed by atoms with Crippen LogP contribution in [0.1, 0.15) is 83.6 Å². The van der Waals surface area contributed by atoms with E-state index >= 15 is 0 Å². The monoisotopic (exact) mass is 583 g/mol. The third-order valence-electron chi connectivity index (χ3n) is 7.35. The number of hydrogen-bond acceptors (Lipinski definition) is 4. The second-order valence-electron chi connectivity index (χ2n) is 10.6. The van der Waals surface area contributed by atoms with Crippen LogP contribution >= 0.6 is 0 Å². The Morgan fingerprint density at radius 2 is 1.48 bits per heavy atom. The molecule has 3 amide bonds. The highest BCUT2D eigenvalue weighted by atomic mass is 19.4. The van der Waals surface area contributed by atoms with E-state index in [1.807, 2.05) is 29.6 Å². The fraction of sp³-hybridized carbons (Fsp3) is 0.323. The summed E-state index contributed by atoms with van der Waals surface area (Å²) in [5, 5.41) is 26.2. The van der Waals surface area contributed by atoms with Crippen molar-refractivity contribution in [2.45, 2.75) is 62.9 Å². The van der Waals surface area contributed by atoms with E-state index in [4.69, 9.17) is 5.11 Å². The maximum atomic E-state index is 13.1. The van der Waals surface area contributed by atoms with E-state index < -0.39 is 41.4 Å². The number of carbonyl (C=O) groups excluding carboxylic acids is 2. The van der Waals surface area contributed by atoms with Crippen LogP contribution in [0, 0.1) is 0 Å². The van der Waals surface area contributed by atoms with Crippen LogP contribution in [0.15, 0.2) is 72.8 Å². The van der Waals surface area contributed by atoms with E-state index in [-0.39, 0.29) is 11.3 Å². The molecule has 42 heavy (non-hydrogen) atoms. The number of halogens is 3. The predicted molar refractivity (Wildman–Crippen MR) is 150 cm³/mol. The molecule has 0 saturated heterocycles. The van der Waals surface area contributed by atoms with Crippen molar-refractivity contribution in [2.75, 3.05) is 5.32 Å². The number of benzene rings is 3. The first-order valence-electron chi connectivity index (χ1n) is 13.6. The number of rotatable bonds is 8. The minimum Gasteiger partial charge on any atom is -0.478 e. The second kappa shape index (κ2) is 12.6. The molecule has 0 heterocycles. The van der Waals surface area contributed by atoms with Gasteiger partial charge in [0.25, 0.3) is 5.91 Å². The number of aliphatic hydroxyl groups is 1. The lowest BCUT2D eigenvalue weighted by atomic mass is 9.83. The lowest BCUT2D eigenvalue weighted by molar-refractivity contribution is -0.158. The van der Waals surface area contributed by atoms with Crippen LogP contribution in [0.4, 0.5) is 23.7 Å². The molecule has 3 aromatic rings. The van der Waals surface area contributed by atoms with Gasteiger partial charge >= 0.3 is 18.2 Å². The van der Waals surface area contributed by atoms with E-state index in [1.54, 1.807) is 12.1 Å². The van der Waals surface area contributed by atoms with Crippen molar-refractivity contribution in [1.82, 2.24) is 10.6 Å². The van der Waals surface area contributed by atoms with Crippen molar-refractivity contribution in [3.05, 3.63) is 101 Å². The molecule has 1 saturated carbocycles. The molecule has 0 spiro atoms. The van der Waals surface area contributed by atoms with Crippen LogP contribution < -0.4 is 16.0 Å². The van der Waals surface area contributed by atoms with Gasteiger partial charge in [0.05, 0.1) is 11.6 Å². The van der Waals surface area contributed by atoms with E-state index in [1.165, 1.54) is 49.1 Å². The van der Waals surface area contributed by atoms with Crippen LogP contribution in [-0.4, -0.2) is 33.8 Å². The number of anilines is 1. The Labute approximate surface area is 241 Å². The zero-order valence-electron chi connectivity index (χ0n) is 22.9. The molecule has 1 fully saturated rings. The highest BCUT2D eigenvalue weighted by molar-refractivity contribution is 5.97. The fourth-order valence-electron chi connectivity index (χ4n) is 5.00. The van der Waals surface area contributed by atoms with Crippen molar-refractivity contribution in [3.8, 4) is 0 Å². The van der Waals surface area contributed by atoms with Crippen LogP contribution in [-0.2, 0) is 11.0 Å². The molecule has 3 aromatic carbocycles. The number of urea groups is 1. The minimum atomic E-state index is -4.57. The summed E-state index contributed by atoms with van der Waals surface area (Å²) in [5.41, 5.74) is -0.872. The predicted octanol–water partition coefficient (Wildman–Crippen LogP) is 6.19. The molecule has 11 heteroatoms. The Morgan fingerprint density at radius 1 is 0.881 bits per heavy atom. The average Bonchev–Trinajstić information content (AvgIpc) is 2.96. The maximum absolute atomic E-state index is 13.1. The Kier molecular flexibility index (Phi) is 9.20. The van der Waals surface area contributed by atoms with Crippen molar-refractivity contribution < 1.29 is 37.8 Å². The number of nitrogens with one attached hydrogen (secondary N) is 3. The highest BCUT2D eigenvalue weighted by Gasteiger charge is 2.32. The molecule has 2 unspecified atom stereocenters. The van der Waals surface area contributed by atoms with Gasteiger partial charge in [0, 0.05) is 11.3 Å². The molecule has 222 valence electrons. The molecular weight excluding hydrogens is 551 g/mol. The lowest BCUT2D eigenvalue weighted by Crippen LogP contribution is -2.52. The van der Waals surface area contributed by atoms with Gasteiger partial charge in [-0.15, -0.1) is 0 Å². The summed E-state index contributed by atoms with van der Waals surface area (Å²) in [6.07, 6.45) is 1.23. The molecule has 1 aliphatic carbocycles. The van der Waals surface area contributed by atoms with Crippen molar-refractivity contribution in [3.63, 3.8) is 0 Å². The van der Waals surface area contributed by atoms with E-state index in [0.717, 1.165) is 31.9 Å². The van der Waals surface area contributed by atoms with Gasteiger partial charge in [0.15, 0.2) is 0 Å². The maximum Gasteiger partial charge on any atom is 0.416 e. The van der Waals surface area contributed by atoms with Crippen LogP contribution in [0.25, 0.3) is 0 Å². The molecule has 2 atom stereocenters. The summed E-state index contributed by atoms with van der Waals surface area (Å²) >= 11 is 0. The number of hydrogen-bond donors (Lipinski definition) is 5. The molecule has 8 nitrogen and oxygen atoms in total. The van der Waals surface area contributed by atoms with E-state index in [0.29, 0.717) is 17.0 Å². The van der Waals surface area contributed by atoms with Crippen LogP contribution in [0.3, 0.4) is 0 Å². The van der Waals surface area contributed by atoms with Gasteiger partial charge in [-0.3, -0.25) is 4.79 Å². The van der Waals surface area contributed by atoms with Crippen LogP contribution in [0.2, 0.25) is 0 Å². The number of carboxylic acid groups (broad SMARTS) is 1. The zero-order valence-corrected chi connectivity index (χ0v) is 22.9. The Hall–Kier alpha value is -4.38. The summed E-state index contributed by atoms with van der Waals surface area (Å²) in [6.45, 7) is 0.932. The molecule has 0 aromatic heterocycles. The number of carboxylic acids is 1. The third-order valence-corrected chi connectivity index (χ3v) is 7.35. The van der Waals surface area contributed by atoms with Gasteiger partial charge in [-0.05, 0) is 72.7 Å². The van der Waals surface area contributed by atoms with Crippen molar-refractivity contribution in [1.29, 1.82) is 0 Å². The Morgan fingerprint density at radius 3 is 2.05 bits per heavy atom. The van der Waals surface area contributed by atoms with Crippen LogP contribution in [0.5, 0.6) is 0 Å². The van der Waals surface area contributed by atoms with E-state index in [2.05, 4.69) is 10.6 Å². The Balaban J connectivity index is 1.58. The van der Waals surface area contributed by atoms with Gasteiger partial charge in [-0.2, -0.15) is 13.2 Å². The minimum absolute atomic E-state index is 0.0359. The quantitative estimate of drug-likeness (QED) is 0.202. The standard InChI is InChI=1S/C31H32F3N3O5/c1-30(42,28(39)40)37-27(38)23-16-14-22(15-17-23)26(21-12-10-20(11-13-21)19-6-3-2-4-7-19)36-29(41)35-25-9-5-8-24(18-25)31(32,33)34/h5,8-19,26,42H,2-4,6-7H2,1H3,(H,37,38)(H,39,40)(H2,35,36,41). The fourth-order valence-corrected chi connectivity index (χ4v) is 5.00. The number of aliphatic carboxylic acids is 1. The van der Waals surface area contributed by atoms with Gasteiger partial charge in [-0.25, -0.2) is 9.59 Å². The number of carbonyl (C=O) groups is 3. The summed E-state index contributed by atoms with van der Waals surface area (Å²) < 4.78 is 39.4. The first kappa shape index (κ1) is 30.6.